The Kier molecular flexibility index (Phi) is 8.81. The van der Waals surface area contributed by atoms with Crippen molar-refractivity contribution in [3.05, 3.63) is 0 Å². The summed E-state index contributed by atoms with van der Waals surface area (Å²) < 4.78 is 32.2. The zero-order valence-electron chi connectivity index (χ0n) is 13.8. The molecular weight excluding hydrogens is 324 g/mol. The van der Waals surface area contributed by atoms with Crippen LogP contribution in [-0.2, 0) is 28.4 Å². The Morgan fingerprint density at radius 2 is 1.46 bits per heavy atom. The highest BCUT2D eigenvalue weighted by Crippen LogP contribution is 2.36. The van der Waals surface area contributed by atoms with Gasteiger partial charge in [-0.15, -0.1) is 0 Å². The van der Waals surface area contributed by atoms with Gasteiger partial charge in [0.2, 0.25) is 0 Å². The first-order valence-corrected chi connectivity index (χ1v) is 8.25. The van der Waals surface area contributed by atoms with Gasteiger partial charge in [0.15, 0.2) is 6.29 Å². The van der Waals surface area contributed by atoms with Crippen molar-refractivity contribution in [2.24, 2.45) is 0 Å². The zero-order chi connectivity index (χ0) is 17.3. The number of fused-ring (bicyclic) bond motifs is 2. The molecule has 2 aliphatic rings. The summed E-state index contributed by atoms with van der Waals surface area (Å²) in [5, 5.41) is 28.4. The SMILES string of the molecule is OCCOCCOCCOCCOC[C@]12CO[C@H](C[C@@H](O)[C@H]1O)O2. The number of aliphatic hydroxyl groups is 3. The van der Waals surface area contributed by atoms with Crippen molar-refractivity contribution >= 4 is 0 Å². The predicted octanol–water partition coefficient (Wildman–Crippen LogP) is -1.72. The molecule has 0 amide bonds. The van der Waals surface area contributed by atoms with E-state index < -0.39 is 24.1 Å². The minimum Gasteiger partial charge on any atom is -0.394 e. The van der Waals surface area contributed by atoms with E-state index in [1.807, 2.05) is 0 Å². The molecule has 2 aliphatic heterocycles. The van der Waals surface area contributed by atoms with E-state index in [0.29, 0.717) is 46.2 Å². The van der Waals surface area contributed by atoms with E-state index in [0.717, 1.165) is 0 Å². The van der Waals surface area contributed by atoms with E-state index in [1.54, 1.807) is 0 Å². The van der Waals surface area contributed by atoms with Gasteiger partial charge in [0.1, 0.15) is 11.7 Å². The Morgan fingerprint density at radius 3 is 2.08 bits per heavy atom. The molecule has 0 aromatic carbocycles. The molecule has 2 bridgehead atoms. The lowest BCUT2D eigenvalue weighted by atomic mass is 9.91. The standard InChI is InChI=1S/C15H28O9/c16-1-2-19-3-4-20-5-6-21-7-8-22-10-15-11-23-13(24-15)9-12(17)14(15)18/h12-14,16-18H,1-11H2/t12-,13+,14-,15+/m1/s1. The van der Waals surface area contributed by atoms with Crippen LogP contribution < -0.4 is 0 Å². The van der Waals surface area contributed by atoms with Crippen LogP contribution in [0.25, 0.3) is 0 Å². The number of hydrogen-bond acceptors (Lipinski definition) is 9. The molecule has 2 heterocycles. The first-order valence-electron chi connectivity index (χ1n) is 8.25. The van der Waals surface area contributed by atoms with Crippen LogP contribution >= 0.6 is 0 Å². The molecular formula is C15H28O9. The van der Waals surface area contributed by atoms with Crippen molar-refractivity contribution in [2.75, 3.05) is 66.1 Å². The van der Waals surface area contributed by atoms with Gasteiger partial charge >= 0.3 is 0 Å². The average molecular weight is 352 g/mol. The Balaban J connectivity index is 1.44. The van der Waals surface area contributed by atoms with Crippen LogP contribution in [0.2, 0.25) is 0 Å². The van der Waals surface area contributed by atoms with Gasteiger partial charge in [0, 0.05) is 6.42 Å². The third-order valence-electron chi connectivity index (χ3n) is 3.92. The van der Waals surface area contributed by atoms with Crippen molar-refractivity contribution in [2.45, 2.75) is 30.5 Å². The lowest BCUT2D eigenvalue weighted by Crippen LogP contribution is -2.57. The van der Waals surface area contributed by atoms with Crippen molar-refractivity contribution in [1.29, 1.82) is 0 Å². The summed E-state index contributed by atoms with van der Waals surface area (Å²) in [4.78, 5) is 0. The minimum absolute atomic E-state index is 0.0121. The van der Waals surface area contributed by atoms with Crippen LogP contribution in [0.4, 0.5) is 0 Å². The maximum absolute atomic E-state index is 10.1. The lowest BCUT2D eigenvalue weighted by Gasteiger charge is -2.38. The van der Waals surface area contributed by atoms with Crippen LogP contribution in [0.15, 0.2) is 0 Å². The van der Waals surface area contributed by atoms with Crippen LogP contribution in [0.3, 0.4) is 0 Å². The maximum Gasteiger partial charge on any atom is 0.161 e. The highest BCUT2D eigenvalue weighted by molar-refractivity contribution is 5.00. The number of ether oxygens (including phenoxy) is 6. The molecule has 142 valence electrons. The fraction of sp³-hybridized carbons (Fsp3) is 1.00. The molecule has 0 aliphatic carbocycles. The first kappa shape index (κ1) is 20.0. The van der Waals surface area contributed by atoms with Crippen molar-refractivity contribution in [3.8, 4) is 0 Å². The second kappa shape index (κ2) is 10.6. The van der Waals surface area contributed by atoms with Gasteiger partial charge < -0.3 is 43.7 Å². The topological polar surface area (TPSA) is 116 Å². The van der Waals surface area contributed by atoms with Crippen LogP contribution in [0.5, 0.6) is 0 Å². The molecule has 9 heteroatoms. The molecule has 0 radical (unpaired) electrons. The van der Waals surface area contributed by atoms with Gasteiger partial charge in [-0.2, -0.15) is 0 Å². The van der Waals surface area contributed by atoms with Gasteiger partial charge in [0.05, 0.1) is 72.2 Å². The Morgan fingerprint density at radius 1 is 0.875 bits per heavy atom. The number of rotatable bonds is 13. The summed E-state index contributed by atoms with van der Waals surface area (Å²) in [6, 6.07) is 0. The summed E-state index contributed by atoms with van der Waals surface area (Å²) in [5.74, 6) is 0. The summed E-state index contributed by atoms with van der Waals surface area (Å²) in [5.41, 5.74) is -0.986. The van der Waals surface area contributed by atoms with E-state index in [1.165, 1.54) is 0 Å². The minimum atomic E-state index is -1.02. The summed E-state index contributed by atoms with van der Waals surface area (Å²) in [6.07, 6.45) is -2.07. The molecule has 0 saturated carbocycles. The Labute approximate surface area is 141 Å². The van der Waals surface area contributed by atoms with E-state index >= 15 is 0 Å². The summed E-state index contributed by atoms with van der Waals surface area (Å²) >= 11 is 0. The summed E-state index contributed by atoms with van der Waals surface area (Å²) in [6.45, 7) is 3.23. The summed E-state index contributed by atoms with van der Waals surface area (Å²) in [7, 11) is 0. The molecule has 0 unspecified atom stereocenters. The third-order valence-corrected chi connectivity index (χ3v) is 3.92. The van der Waals surface area contributed by atoms with Crippen LogP contribution in [0.1, 0.15) is 6.42 Å². The van der Waals surface area contributed by atoms with Crippen molar-refractivity contribution in [1.82, 2.24) is 0 Å². The number of aliphatic hydroxyl groups excluding tert-OH is 3. The van der Waals surface area contributed by atoms with E-state index in [-0.39, 0.29) is 26.2 Å². The number of hydrogen-bond donors (Lipinski definition) is 3. The highest BCUT2D eigenvalue weighted by atomic mass is 16.7. The molecule has 2 saturated heterocycles. The Hall–Kier alpha value is -0.360. The molecule has 2 fully saturated rings. The zero-order valence-corrected chi connectivity index (χ0v) is 13.8. The lowest BCUT2D eigenvalue weighted by molar-refractivity contribution is -0.225. The smallest absolute Gasteiger partial charge is 0.161 e. The largest absolute Gasteiger partial charge is 0.394 e. The monoisotopic (exact) mass is 352 g/mol. The molecule has 2 rings (SSSR count). The predicted molar refractivity (Wildman–Crippen MR) is 80.5 cm³/mol. The maximum atomic E-state index is 10.1. The normalized spacial score (nSPS) is 32.4. The van der Waals surface area contributed by atoms with Crippen molar-refractivity contribution < 1.29 is 43.7 Å². The van der Waals surface area contributed by atoms with Gasteiger partial charge in [0.25, 0.3) is 0 Å². The molecule has 24 heavy (non-hydrogen) atoms. The van der Waals surface area contributed by atoms with Crippen LogP contribution in [-0.4, -0.2) is 105 Å². The fourth-order valence-corrected chi connectivity index (χ4v) is 2.64. The van der Waals surface area contributed by atoms with E-state index in [9.17, 15) is 10.2 Å². The molecule has 0 aromatic heterocycles. The third kappa shape index (κ3) is 5.87. The quantitative estimate of drug-likeness (QED) is 0.333. The van der Waals surface area contributed by atoms with Crippen LogP contribution in [0, 0.1) is 0 Å². The average Bonchev–Trinajstić information content (AvgIpc) is 2.94. The highest BCUT2D eigenvalue weighted by Gasteiger charge is 2.54. The molecule has 9 nitrogen and oxygen atoms in total. The van der Waals surface area contributed by atoms with E-state index in [4.69, 9.17) is 33.5 Å². The first-order chi connectivity index (χ1) is 11.7. The van der Waals surface area contributed by atoms with Crippen molar-refractivity contribution in [3.63, 3.8) is 0 Å². The van der Waals surface area contributed by atoms with Gasteiger partial charge in [-0.25, -0.2) is 0 Å². The molecule has 4 atom stereocenters. The molecule has 0 spiro atoms. The van der Waals surface area contributed by atoms with Gasteiger partial charge in [-0.05, 0) is 0 Å². The molecule has 3 N–H and O–H groups in total. The second-order valence-corrected chi connectivity index (χ2v) is 5.78. The van der Waals surface area contributed by atoms with Gasteiger partial charge in [-0.3, -0.25) is 0 Å². The Bertz CT molecular complexity index is 343. The fourth-order valence-electron chi connectivity index (χ4n) is 2.64. The molecule has 0 aromatic rings. The van der Waals surface area contributed by atoms with Gasteiger partial charge in [-0.1, -0.05) is 0 Å². The van der Waals surface area contributed by atoms with E-state index in [2.05, 4.69) is 0 Å². The second-order valence-electron chi connectivity index (χ2n) is 5.78.